The number of rotatable bonds is 9. The van der Waals surface area contributed by atoms with Crippen LogP contribution in [0, 0.1) is 12.8 Å². The molecule has 2 atom stereocenters. The van der Waals surface area contributed by atoms with Gasteiger partial charge in [0.05, 0.1) is 12.7 Å². The summed E-state index contributed by atoms with van der Waals surface area (Å²) in [4.78, 5) is 16.1. The summed E-state index contributed by atoms with van der Waals surface area (Å²) in [5, 5.41) is 20.3. The van der Waals surface area contributed by atoms with E-state index in [2.05, 4.69) is 4.98 Å². The normalized spacial score (nSPS) is 19.0. The monoisotopic (exact) mass is 378 g/mol. The molecule has 152 valence electrons. The second-order valence-electron chi connectivity index (χ2n) is 8.32. The third-order valence-corrected chi connectivity index (χ3v) is 5.46. The number of aliphatic hydroxyl groups is 1. The van der Waals surface area contributed by atoms with E-state index >= 15 is 0 Å². The molecule has 1 fully saturated rings. The predicted octanol–water partition coefficient (Wildman–Crippen LogP) is 2.97. The number of nitrogens with zero attached hydrogens (tertiary/aromatic N) is 1. The smallest absolute Gasteiger partial charge is 0.337 e. The number of ether oxygens (including phenoxy) is 1. The first-order valence-electron chi connectivity index (χ1n) is 9.99. The molecule has 0 aromatic carbocycles. The lowest BCUT2D eigenvalue weighted by molar-refractivity contribution is -0.161. The van der Waals surface area contributed by atoms with Crippen LogP contribution in [0.3, 0.4) is 0 Å². The van der Waals surface area contributed by atoms with Crippen molar-refractivity contribution >= 4 is 5.97 Å². The largest absolute Gasteiger partial charge is 0.479 e. The number of aromatic nitrogens is 1. The van der Waals surface area contributed by atoms with Crippen LogP contribution < -0.4 is 5.73 Å². The van der Waals surface area contributed by atoms with Gasteiger partial charge in [0.1, 0.15) is 0 Å². The van der Waals surface area contributed by atoms with Crippen LogP contribution in [0.4, 0.5) is 0 Å². The highest BCUT2D eigenvalue weighted by atomic mass is 16.5. The molecule has 27 heavy (non-hydrogen) atoms. The molecule has 2 rings (SSSR count). The van der Waals surface area contributed by atoms with Crippen molar-refractivity contribution in [3.05, 3.63) is 29.1 Å². The molecule has 0 aliphatic heterocycles. The van der Waals surface area contributed by atoms with E-state index in [4.69, 9.17) is 10.5 Å². The molecule has 1 aliphatic rings. The van der Waals surface area contributed by atoms with E-state index in [0.29, 0.717) is 24.8 Å². The molecule has 1 heterocycles. The van der Waals surface area contributed by atoms with Crippen molar-refractivity contribution in [1.29, 1.82) is 0 Å². The number of carboxylic acids is 1. The number of nitrogens with two attached hydrogens (primary N) is 1. The van der Waals surface area contributed by atoms with Crippen LogP contribution in [0.1, 0.15) is 69.2 Å². The Morgan fingerprint density at radius 1 is 1.37 bits per heavy atom. The standard InChI is InChI=1S/C21H34N2O4/c1-14(2)9-19(22)21(26,20(24)25)11-17-10-16(15(3)12-23-17)13-27-18-7-5-4-6-8-18/h10,12,14,18-19,26H,4-9,11,13,22H2,1-3H3,(H,24,25)/t19-,21+/m0/s1. The zero-order valence-electron chi connectivity index (χ0n) is 16.8. The molecule has 1 saturated carbocycles. The van der Waals surface area contributed by atoms with Crippen LogP contribution in [0.5, 0.6) is 0 Å². The van der Waals surface area contributed by atoms with Gasteiger partial charge in [-0.1, -0.05) is 33.1 Å². The Balaban J connectivity index is 2.11. The highest BCUT2D eigenvalue weighted by Crippen LogP contribution is 2.24. The summed E-state index contributed by atoms with van der Waals surface area (Å²) in [5.74, 6) is -1.12. The zero-order chi connectivity index (χ0) is 20.0. The number of hydrogen-bond acceptors (Lipinski definition) is 5. The van der Waals surface area contributed by atoms with Crippen molar-refractivity contribution in [2.24, 2.45) is 11.7 Å². The van der Waals surface area contributed by atoms with Crippen molar-refractivity contribution in [3.8, 4) is 0 Å². The number of hydrogen-bond donors (Lipinski definition) is 3. The van der Waals surface area contributed by atoms with Crippen molar-refractivity contribution < 1.29 is 19.7 Å². The third-order valence-electron chi connectivity index (χ3n) is 5.46. The minimum atomic E-state index is -2.03. The number of aryl methyl sites for hydroxylation is 1. The van der Waals surface area contributed by atoms with E-state index in [1.807, 2.05) is 26.8 Å². The molecule has 1 aliphatic carbocycles. The first kappa shape index (κ1) is 21.8. The van der Waals surface area contributed by atoms with Gasteiger partial charge in [0.15, 0.2) is 5.60 Å². The van der Waals surface area contributed by atoms with E-state index in [1.54, 1.807) is 6.20 Å². The molecule has 0 radical (unpaired) electrons. The van der Waals surface area contributed by atoms with E-state index in [1.165, 1.54) is 19.3 Å². The molecule has 6 nitrogen and oxygen atoms in total. The summed E-state index contributed by atoms with van der Waals surface area (Å²) in [6, 6.07) is 0.980. The lowest BCUT2D eigenvalue weighted by Crippen LogP contribution is -2.56. The molecule has 0 spiro atoms. The summed E-state index contributed by atoms with van der Waals surface area (Å²) < 4.78 is 6.05. The van der Waals surface area contributed by atoms with Crippen LogP contribution >= 0.6 is 0 Å². The molecule has 0 bridgehead atoms. The lowest BCUT2D eigenvalue weighted by Gasteiger charge is -2.31. The average Bonchev–Trinajstić information content (AvgIpc) is 2.62. The van der Waals surface area contributed by atoms with Gasteiger partial charge in [0.2, 0.25) is 0 Å². The first-order chi connectivity index (χ1) is 12.7. The fourth-order valence-corrected chi connectivity index (χ4v) is 3.65. The Kier molecular flexibility index (Phi) is 7.77. The van der Waals surface area contributed by atoms with Crippen molar-refractivity contribution in [2.75, 3.05) is 0 Å². The Morgan fingerprint density at radius 3 is 2.63 bits per heavy atom. The van der Waals surface area contributed by atoms with E-state index in [9.17, 15) is 15.0 Å². The molecule has 1 aromatic heterocycles. The molecular weight excluding hydrogens is 344 g/mol. The Hall–Kier alpha value is -1.50. The SMILES string of the molecule is Cc1cnc(C[C@](O)(C(=O)O)[C@@H](N)CC(C)C)cc1COC1CCCCC1. The van der Waals surface area contributed by atoms with Crippen molar-refractivity contribution in [2.45, 2.75) is 90.1 Å². The van der Waals surface area contributed by atoms with Gasteiger partial charge in [-0.2, -0.15) is 0 Å². The average molecular weight is 379 g/mol. The maximum atomic E-state index is 11.8. The van der Waals surface area contributed by atoms with Crippen molar-refractivity contribution in [3.63, 3.8) is 0 Å². The van der Waals surface area contributed by atoms with Gasteiger partial charge in [-0.15, -0.1) is 0 Å². The molecule has 0 amide bonds. The minimum absolute atomic E-state index is 0.118. The second-order valence-corrected chi connectivity index (χ2v) is 8.32. The molecule has 1 aromatic rings. The second kappa shape index (κ2) is 9.62. The molecular formula is C21H34N2O4. The molecule has 0 unspecified atom stereocenters. The van der Waals surface area contributed by atoms with Crippen LogP contribution in [-0.4, -0.2) is 38.9 Å². The van der Waals surface area contributed by atoms with E-state index in [0.717, 1.165) is 24.0 Å². The number of carbonyl (C=O) groups is 1. The van der Waals surface area contributed by atoms with Crippen LogP contribution in [0.2, 0.25) is 0 Å². The Bertz CT molecular complexity index is 629. The van der Waals surface area contributed by atoms with Gasteiger partial charge in [-0.3, -0.25) is 4.98 Å². The molecule has 6 heteroatoms. The van der Waals surface area contributed by atoms with Gasteiger partial charge in [-0.05, 0) is 49.3 Å². The first-order valence-corrected chi connectivity index (χ1v) is 9.99. The number of pyridine rings is 1. The van der Waals surface area contributed by atoms with Crippen LogP contribution in [0.15, 0.2) is 12.3 Å². The molecule has 0 saturated heterocycles. The van der Waals surface area contributed by atoms with Gasteiger partial charge < -0.3 is 20.7 Å². The fourth-order valence-electron chi connectivity index (χ4n) is 3.65. The number of aliphatic carboxylic acids is 1. The Morgan fingerprint density at radius 2 is 2.04 bits per heavy atom. The topological polar surface area (TPSA) is 106 Å². The Labute approximate surface area is 162 Å². The summed E-state index contributed by atoms with van der Waals surface area (Å²) >= 11 is 0. The maximum Gasteiger partial charge on any atom is 0.337 e. The third kappa shape index (κ3) is 5.99. The fraction of sp³-hybridized carbons (Fsp3) is 0.714. The van der Waals surface area contributed by atoms with Gasteiger partial charge >= 0.3 is 5.97 Å². The number of carboxylic acid groups (broad SMARTS) is 1. The zero-order valence-corrected chi connectivity index (χ0v) is 16.8. The summed E-state index contributed by atoms with van der Waals surface area (Å²) in [5.41, 5.74) is 6.51. The van der Waals surface area contributed by atoms with E-state index < -0.39 is 17.6 Å². The quantitative estimate of drug-likeness (QED) is 0.610. The van der Waals surface area contributed by atoms with Crippen molar-refractivity contribution in [1.82, 2.24) is 4.98 Å². The molecule has 4 N–H and O–H groups in total. The summed E-state index contributed by atoms with van der Waals surface area (Å²) in [6.07, 6.45) is 8.22. The van der Waals surface area contributed by atoms with E-state index in [-0.39, 0.29) is 12.3 Å². The lowest BCUT2D eigenvalue weighted by atomic mass is 9.84. The maximum absolute atomic E-state index is 11.8. The van der Waals surface area contributed by atoms with Gasteiger partial charge in [-0.25, -0.2) is 4.79 Å². The van der Waals surface area contributed by atoms with Crippen LogP contribution in [-0.2, 0) is 22.6 Å². The summed E-state index contributed by atoms with van der Waals surface area (Å²) in [7, 11) is 0. The van der Waals surface area contributed by atoms with Gasteiger partial charge in [0.25, 0.3) is 0 Å². The highest BCUT2D eigenvalue weighted by Gasteiger charge is 2.43. The van der Waals surface area contributed by atoms with Crippen LogP contribution in [0.25, 0.3) is 0 Å². The predicted molar refractivity (Wildman–Crippen MR) is 104 cm³/mol. The minimum Gasteiger partial charge on any atom is -0.479 e. The van der Waals surface area contributed by atoms with Gasteiger partial charge in [0, 0.05) is 24.4 Å². The summed E-state index contributed by atoms with van der Waals surface area (Å²) in [6.45, 7) is 6.35. The highest BCUT2D eigenvalue weighted by molar-refractivity contribution is 5.78.